The van der Waals surface area contributed by atoms with Gasteiger partial charge in [0.05, 0.1) is 6.61 Å². The van der Waals surface area contributed by atoms with E-state index in [9.17, 15) is 0 Å². The van der Waals surface area contributed by atoms with Crippen molar-refractivity contribution in [2.75, 3.05) is 19.7 Å². The number of benzene rings is 1. The molecule has 21 heavy (non-hydrogen) atoms. The van der Waals surface area contributed by atoms with Crippen LogP contribution in [0.2, 0.25) is 5.02 Å². The van der Waals surface area contributed by atoms with Crippen LogP contribution in [0.5, 0.6) is 5.75 Å². The van der Waals surface area contributed by atoms with Gasteiger partial charge >= 0.3 is 0 Å². The molecule has 1 aliphatic carbocycles. The van der Waals surface area contributed by atoms with E-state index in [0.717, 1.165) is 43.3 Å². The average Bonchev–Trinajstić information content (AvgIpc) is 2.94. The lowest BCUT2D eigenvalue weighted by Gasteiger charge is -2.38. The molecule has 2 nitrogen and oxygen atoms in total. The molecule has 0 atom stereocenters. The largest absolute Gasteiger partial charge is 0.493 e. The molecule has 3 rings (SSSR count). The zero-order valence-corrected chi connectivity index (χ0v) is 13.8. The molecular weight excluding hydrogens is 282 g/mol. The molecule has 1 fully saturated rings. The average molecular weight is 308 g/mol. The summed E-state index contributed by atoms with van der Waals surface area (Å²) in [5.74, 6) is 1.13. The molecule has 1 aromatic rings. The Balaban J connectivity index is 1.85. The number of hydrogen-bond acceptors (Lipinski definition) is 2. The molecule has 1 aromatic carbocycles. The fourth-order valence-electron chi connectivity index (χ4n) is 3.99. The summed E-state index contributed by atoms with van der Waals surface area (Å²) < 4.78 is 5.90. The van der Waals surface area contributed by atoms with Crippen molar-refractivity contribution in [1.82, 2.24) is 5.32 Å². The van der Waals surface area contributed by atoms with Gasteiger partial charge in [-0.25, -0.2) is 0 Å². The van der Waals surface area contributed by atoms with E-state index in [1.54, 1.807) is 0 Å². The molecule has 0 amide bonds. The van der Waals surface area contributed by atoms with Crippen LogP contribution in [0.15, 0.2) is 12.1 Å². The van der Waals surface area contributed by atoms with E-state index < -0.39 is 0 Å². The molecule has 0 radical (unpaired) electrons. The summed E-state index contributed by atoms with van der Waals surface area (Å²) in [5.41, 5.74) is 3.01. The maximum atomic E-state index is 6.32. The summed E-state index contributed by atoms with van der Waals surface area (Å²) in [7, 11) is 0. The number of ether oxygens (including phenoxy) is 1. The smallest absolute Gasteiger partial charge is 0.125 e. The highest BCUT2D eigenvalue weighted by molar-refractivity contribution is 6.30. The Morgan fingerprint density at radius 1 is 1.24 bits per heavy atom. The second-order valence-corrected chi connectivity index (χ2v) is 7.11. The lowest BCUT2D eigenvalue weighted by atomic mass is 9.70. The van der Waals surface area contributed by atoms with Gasteiger partial charge in [-0.2, -0.15) is 0 Å². The van der Waals surface area contributed by atoms with Crippen LogP contribution in [0.25, 0.3) is 0 Å². The Labute approximate surface area is 133 Å². The maximum Gasteiger partial charge on any atom is 0.125 e. The lowest BCUT2D eigenvalue weighted by molar-refractivity contribution is 0.180. The van der Waals surface area contributed by atoms with Crippen molar-refractivity contribution in [2.45, 2.75) is 51.9 Å². The minimum Gasteiger partial charge on any atom is -0.493 e. The Morgan fingerprint density at radius 2 is 2.05 bits per heavy atom. The molecule has 0 bridgehead atoms. The molecule has 1 aliphatic heterocycles. The predicted octanol–water partition coefficient (Wildman–Crippen LogP) is 4.38. The topological polar surface area (TPSA) is 21.3 Å². The molecule has 2 aliphatic rings. The van der Waals surface area contributed by atoms with Crippen molar-refractivity contribution in [1.29, 1.82) is 0 Å². The van der Waals surface area contributed by atoms with E-state index in [1.807, 2.05) is 0 Å². The van der Waals surface area contributed by atoms with Crippen molar-refractivity contribution in [2.24, 2.45) is 5.41 Å². The van der Waals surface area contributed by atoms with Crippen LogP contribution in [0, 0.1) is 5.41 Å². The molecule has 1 saturated carbocycles. The van der Waals surface area contributed by atoms with Gasteiger partial charge in [-0.1, -0.05) is 37.8 Å². The molecule has 3 heteroatoms. The maximum absolute atomic E-state index is 6.32. The van der Waals surface area contributed by atoms with Crippen molar-refractivity contribution in [3.05, 3.63) is 28.3 Å². The van der Waals surface area contributed by atoms with Crippen LogP contribution in [0.4, 0.5) is 0 Å². The van der Waals surface area contributed by atoms with Gasteiger partial charge in [0, 0.05) is 18.0 Å². The van der Waals surface area contributed by atoms with Gasteiger partial charge in [0.15, 0.2) is 0 Å². The SMILES string of the molecule is CCNCC1(Cc2cc(Cl)cc3c2OCC3)CCCCC1. The van der Waals surface area contributed by atoms with Gasteiger partial charge in [0.25, 0.3) is 0 Å². The quantitative estimate of drug-likeness (QED) is 0.872. The first-order chi connectivity index (χ1) is 10.2. The lowest BCUT2D eigenvalue weighted by Crippen LogP contribution is -2.38. The fourth-order valence-corrected chi connectivity index (χ4v) is 4.25. The monoisotopic (exact) mass is 307 g/mol. The number of nitrogens with one attached hydrogen (secondary N) is 1. The van der Waals surface area contributed by atoms with Crippen LogP contribution in [0.3, 0.4) is 0 Å². The number of fused-ring (bicyclic) bond motifs is 1. The number of rotatable bonds is 5. The zero-order chi connectivity index (χ0) is 14.7. The van der Waals surface area contributed by atoms with Crippen molar-refractivity contribution < 1.29 is 4.74 Å². The second kappa shape index (κ2) is 6.58. The van der Waals surface area contributed by atoms with Crippen LogP contribution in [-0.4, -0.2) is 19.7 Å². The highest BCUT2D eigenvalue weighted by Crippen LogP contribution is 2.43. The molecule has 0 spiro atoms. The second-order valence-electron chi connectivity index (χ2n) is 6.67. The minimum atomic E-state index is 0.388. The van der Waals surface area contributed by atoms with E-state index >= 15 is 0 Å². The van der Waals surface area contributed by atoms with Gasteiger partial charge in [-0.05, 0) is 54.5 Å². The molecule has 0 unspecified atom stereocenters. The van der Waals surface area contributed by atoms with Crippen LogP contribution >= 0.6 is 11.6 Å². The first-order valence-electron chi connectivity index (χ1n) is 8.37. The Bertz CT molecular complexity index is 494. The van der Waals surface area contributed by atoms with E-state index in [1.165, 1.54) is 43.2 Å². The highest BCUT2D eigenvalue weighted by atomic mass is 35.5. The third-order valence-corrected chi connectivity index (χ3v) is 5.27. The molecule has 1 N–H and O–H groups in total. The molecule has 0 saturated heterocycles. The van der Waals surface area contributed by atoms with Gasteiger partial charge in [0.2, 0.25) is 0 Å². The summed E-state index contributed by atoms with van der Waals surface area (Å²) >= 11 is 6.32. The first kappa shape index (κ1) is 15.2. The predicted molar refractivity (Wildman–Crippen MR) is 88.4 cm³/mol. The highest BCUT2D eigenvalue weighted by Gasteiger charge is 2.33. The molecule has 116 valence electrons. The fraction of sp³-hybridized carbons (Fsp3) is 0.667. The normalized spacial score (nSPS) is 20.1. The van der Waals surface area contributed by atoms with Gasteiger partial charge in [-0.15, -0.1) is 0 Å². The molecular formula is C18H26ClNO. The molecule has 1 heterocycles. The summed E-state index contributed by atoms with van der Waals surface area (Å²) in [4.78, 5) is 0. The van der Waals surface area contributed by atoms with Crippen molar-refractivity contribution in [3.63, 3.8) is 0 Å². The van der Waals surface area contributed by atoms with Crippen LogP contribution < -0.4 is 10.1 Å². The zero-order valence-electron chi connectivity index (χ0n) is 13.0. The minimum absolute atomic E-state index is 0.388. The number of hydrogen-bond donors (Lipinski definition) is 1. The third kappa shape index (κ3) is 3.37. The number of halogens is 1. The summed E-state index contributed by atoms with van der Waals surface area (Å²) in [6, 6.07) is 4.21. The van der Waals surface area contributed by atoms with E-state index in [0.29, 0.717) is 5.41 Å². The van der Waals surface area contributed by atoms with E-state index in [-0.39, 0.29) is 0 Å². The summed E-state index contributed by atoms with van der Waals surface area (Å²) in [5, 5.41) is 4.45. The third-order valence-electron chi connectivity index (χ3n) is 5.06. The van der Waals surface area contributed by atoms with Gasteiger partial charge < -0.3 is 10.1 Å². The Kier molecular flexibility index (Phi) is 4.75. The first-order valence-corrected chi connectivity index (χ1v) is 8.75. The van der Waals surface area contributed by atoms with Crippen molar-refractivity contribution >= 4 is 11.6 Å². The summed E-state index contributed by atoms with van der Waals surface area (Å²) in [6.07, 6.45) is 8.84. The van der Waals surface area contributed by atoms with E-state index in [4.69, 9.17) is 16.3 Å². The van der Waals surface area contributed by atoms with Crippen molar-refractivity contribution in [3.8, 4) is 5.75 Å². The van der Waals surface area contributed by atoms with Gasteiger partial charge in [0.1, 0.15) is 5.75 Å². The summed E-state index contributed by atoms with van der Waals surface area (Å²) in [6.45, 7) is 5.16. The van der Waals surface area contributed by atoms with Gasteiger partial charge in [-0.3, -0.25) is 0 Å². The Hall–Kier alpha value is -0.730. The Morgan fingerprint density at radius 3 is 2.81 bits per heavy atom. The molecule has 0 aromatic heterocycles. The standard InChI is InChI=1S/C18H26ClNO/c1-2-20-13-18(7-4-3-5-8-18)12-15-11-16(19)10-14-6-9-21-17(14)15/h10-11,20H,2-9,12-13H2,1H3. The van der Waals surface area contributed by atoms with Crippen LogP contribution in [0.1, 0.15) is 50.2 Å². The van der Waals surface area contributed by atoms with E-state index in [2.05, 4.69) is 24.4 Å². The van der Waals surface area contributed by atoms with Crippen LogP contribution in [-0.2, 0) is 12.8 Å².